The third-order valence-electron chi connectivity index (χ3n) is 2.83. The second-order valence-electron chi connectivity index (χ2n) is 4.54. The molecule has 0 spiro atoms. The minimum absolute atomic E-state index is 0.334. The van der Waals surface area contributed by atoms with Crippen LogP contribution in [0, 0.1) is 11.8 Å². The average molecular weight is 235 g/mol. The molecule has 1 aliphatic heterocycles. The highest BCUT2D eigenvalue weighted by Gasteiger charge is 2.20. The Morgan fingerprint density at radius 2 is 2.12 bits per heavy atom. The minimum atomic E-state index is -0.860. The second-order valence-corrected chi connectivity index (χ2v) is 4.54. The largest absolute Gasteiger partial charge is 0.443 e. The van der Waals surface area contributed by atoms with Crippen LogP contribution < -0.4 is 0 Å². The van der Waals surface area contributed by atoms with Crippen LogP contribution in [-0.2, 0) is 9.53 Å². The molecular weight excluding hydrogens is 214 g/mol. The van der Waals surface area contributed by atoms with Gasteiger partial charge >= 0.3 is 5.97 Å². The van der Waals surface area contributed by atoms with Crippen molar-refractivity contribution in [1.82, 2.24) is 4.90 Å². The van der Waals surface area contributed by atoms with Gasteiger partial charge in [-0.25, -0.2) is 0 Å². The summed E-state index contributed by atoms with van der Waals surface area (Å²) in [7, 11) is 0. The molecule has 0 aromatic carbocycles. The van der Waals surface area contributed by atoms with Crippen molar-refractivity contribution in [2.45, 2.75) is 38.7 Å². The summed E-state index contributed by atoms with van der Waals surface area (Å²) < 4.78 is 5.13. The highest BCUT2D eigenvalue weighted by Crippen LogP contribution is 2.11. The van der Waals surface area contributed by atoms with Crippen molar-refractivity contribution < 1.29 is 9.53 Å². The van der Waals surface area contributed by atoms with Crippen molar-refractivity contribution in [2.75, 3.05) is 19.6 Å². The summed E-state index contributed by atoms with van der Waals surface area (Å²) in [4.78, 5) is 13.3. The van der Waals surface area contributed by atoms with E-state index in [0.717, 1.165) is 19.6 Å². The number of carbonyl (C=O) groups excluding carboxylic acids is 1. The van der Waals surface area contributed by atoms with Gasteiger partial charge in [0.15, 0.2) is 5.60 Å². The summed E-state index contributed by atoms with van der Waals surface area (Å²) in [6.45, 7) is 9.77. The number of hydrogen-bond acceptors (Lipinski definition) is 3. The molecule has 1 saturated heterocycles. The molecule has 3 nitrogen and oxygen atoms in total. The maximum Gasteiger partial charge on any atom is 0.304 e. The van der Waals surface area contributed by atoms with E-state index < -0.39 is 5.60 Å². The van der Waals surface area contributed by atoms with Crippen LogP contribution in [0.1, 0.15) is 33.1 Å². The van der Waals surface area contributed by atoms with Gasteiger partial charge in [-0.1, -0.05) is 18.9 Å². The molecule has 1 unspecified atom stereocenters. The number of nitrogens with zero attached hydrogens (tertiary/aromatic N) is 1. The smallest absolute Gasteiger partial charge is 0.304 e. The quantitative estimate of drug-likeness (QED) is 0.425. The van der Waals surface area contributed by atoms with Crippen LogP contribution in [-0.4, -0.2) is 36.1 Å². The summed E-state index contributed by atoms with van der Waals surface area (Å²) in [5.41, 5.74) is -0.860. The Bertz CT molecular complexity index is 334. The SMILES string of the molecule is C=CC(C)(C#CCN1CCCCC1)OC(C)=O. The topological polar surface area (TPSA) is 29.5 Å². The fourth-order valence-electron chi connectivity index (χ4n) is 1.86. The van der Waals surface area contributed by atoms with Gasteiger partial charge in [-0.3, -0.25) is 9.69 Å². The molecule has 0 aliphatic carbocycles. The van der Waals surface area contributed by atoms with Crippen molar-refractivity contribution in [3.63, 3.8) is 0 Å². The van der Waals surface area contributed by atoms with E-state index in [0.29, 0.717) is 0 Å². The summed E-state index contributed by atoms with van der Waals surface area (Å²) >= 11 is 0. The van der Waals surface area contributed by atoms with Gasteiger partial charge in [-0.05, 0) is 44.9 Å². The predicted molar refractivity (Wildman–Crippen MR) is 68.4 cm³/mol. The van der Waals surface area contributed by atoms with E-state index in [9.17, 15) is 4.79 Å². The lowest BCUT2D eigenvalue weighted by Crippen LogP contribution is -2.31. The lowest BCUT2D eigenvalue weighted by atomic mass is 10.1. The van der Waals surface area contributed by atoms with Crippen molar-refractivity contribution >= 4 is 5.97 Å². The third kappa shape index (κ3) is 5.06. The summed E-state index contributed by atoms with van der Waals surface area (Å²) in [5.74, 6) is 5.72. The molecule has 0 bridgehead atoms. The Morgan fingerprint density at radius 1 is 1.47 bits per heavy atom. The molecule has 0 amide bonds. The summed E-state index contributed by atoms with van der Waals surface area (Å²) in [5, 5.41) is 0. The van der Waals surface area contributed by atoms with Crippen LogP contribution in [0.5, 0.6) is 0 Å². The molecule has 1 fully saturated rings. The number of ether oxygens (including phenoxy) is 1. The van der Waals surface area contributed by atoms with Gasteiger partial charge in [0.05, 0.1) is 6.54 Å². The Balaban J connectivity index is 2.49. The van der Waals surface area contributed by atoms with Crippen molar-refractivity contribution in [3.8, 4) is 11.8 Å². The third-order valence-corrected chi connectivity index (χ3v) is 2.83. The molecule has 1 atom stereocenters. The Kier molecular flexibility index (Phi) is 5.24. The van der Waals surface area contributed by atoms with E-state index in [1.54, 1.807) is 13.0 Å². The maximum absolute atomic E-state index is 10.9. The van der Waals surface area contributed by atoms with Crippen LogP contribution in [0.3, 0.4) is 0 Å². The standard InChI is InChI=1S/C14H21NO2/c1-4-14(3,17-13(2)16)9-8-12-15-10-6-5-7-11-15/h4H,1,5-7,10-12H2,2-3H3. The zero-order valence-electron chi connectivity index (χ0n) is 10.8. The monoisotopic (exact) mass is 235 g/mol. The molecule has 1 heterocycles. The molecule has 94 valence electrons. The number of carbonyl (C=O) groups is 1. The van der Waals surface area contributed by atoms with Crippen molar-refractivity contribution in [2.24, 2.45) is 0 Å². The lowest BCUT2D eigenvalue weighted by Gasteiger charge is -2.24. The molecule has 17 heavy (non-hydrogen) atoms. The van der Waals surface area contributed by atoms with E-state index in [-0.39, 0.29) is 5.97 Å². The molecule has 3 heteroatoms. The first kappa shape index (κ1) is 13.8. The molecule has 1 aliphatic rings. The Hall–Kier alpha value is -1.27. The highest BCUT2D eigenvalue weighted by atomic mass is 16.6. The fourth-order valence-corrected chi connectivity index (χ4v) is 1.86. The van der Waals surface area contributed by atoms with Gasteiger partial charge in [0, 0.05) is 6.92 Å². The molecule has 1 rings (SSSR count). The van der Waals surface area contributed by atoms with Gasteiger partial charge in [0.1, 0.15) is 0 Å². The average Bonchev–Trinajstić information content (AvgIpc) is 2.29. The maximum atomic E-state index is 10.9. The lowest BCUT2D eigenvalue weighted by molar-refractivity contribution is -0.147. The Morgan fingerprint density at radius 3 is 2.65 bits per heavy atom. The zero-order chi connectivity index (χ0) is 12.7. The van der Waals surface area contributed by atoms with E-state index in [1.807, 2.05) is 0 Å². The first-order chi connectivity index (χ1) is 8.06. The zero-order valence-corrected chi connectivity index (χ0v) is 10.8. The fraction of sp³-hybridized carbons (Fsp3) is 0.643. The first-order valence-corrected chi connectivity index (χ1v) is 6.11. The molecule has 0 aromatic rings. The second kappa shape index (κ2) is 6.46. The summed E-state index contributed by atoms with van der Waals surface area (Å²) in [6, 6.07) is 0. The number of rotatable bonds is 3. The number of piperidine rings is 1. The predicted octanol–water partition coefficient (Wildman–Crippen LogP) is 1.98. The van der Waals surface area contributed by atoms with Gasteiger partial charge < -0.3 is 4.74 Å². The molecule has 0 N–H and O–H groups in total. The van der Waals surface area contributed by atoms with E-state index >= 15 is 0 Å². The van der Waals surface area contributed by atoms with Crippen LogP contribution >= 0.6 is 0 Å². The van der Waals surface area contributed by atoms with E-state index in [2.05, 4.69) is 23.3 Å². The number of hydrogen-bond donors (Lipinski definition) is 0. The van der Waals surface area contributed by atoms with E-state index in [1.165, 1.54) is 26.2 Å². The number of esters is 1. The minimum Gasteiger partial charge on any atom is -0.443 e. The molecule has 0 saturated carbocycles. The molecule has 0 aromatic heterocycles. The first-order valence-electron chi connectivity index (χ1n) is 6.11. The van der Waals surface area contributed by atoms with Gasteiger partial charge in [0.2, 0.25) is 0 Å². The molecular formula is C14H21NO2. The normalized spacial score (nSPS) is 19.6. The van der Waals surface area contributed by atoms with Gasteiger partial charge in [-0.2, -0.15) is 0 Å². The van der Waals surface area contributed by atoms with Gasteiger partial charge in [0.25, 0.3) is 0 Å². The van der Waals surface area contributed by atoms with Crippen LogP contribution in [0.15, 0.2) is 12.7 Å². The van der Waals surface area contributed by atoms with E-state index in [4.69, 9.17) is 4.74 Å². The van der Waals surface area contributed by atoms with Crippen molar-refractivity contribution in [3.05, 3.63) is 12.7 Å². The summed E-state index contributed by atoms with van der Waals surface area (Å²) in [6.07, 6.45) is 5.40. The highest BCUT2D eigenvalue weighted by molar-refractivity contribution is 5.67. The van der Waals surface area contributed by atoms with Crippen LogP contribution in [0.4, 0.5) is 0 Å². The van der Waals surface area contributed by atoms with Crippen molar-refractivity contribution in [1.29, 1.82) is 0 Å². The van der Waals surface area contributed by atoms with Crippen LogP contribution in [0.2, 0.25) is 0 Å². The number of likely N-dealkylation sites (tertiary alicyclic amines) is 1. The van der Waals surface area contributed by atoms with Crippen LogP contribution in [0.25, 0.3) is 0 Å². The molecule has 0 radical (unpaired) electrons. The Labute approximate surface area is 104 Å². The van der Waals surface area contributed by atoms with Gasteiger partial charge in [-0.15, -0.1) is 0 Å².